The molecule has 1 N–H and O–H groups in total. The molecule has 1 aromatic rings. The molecule has 0 aliphatic heterocycles. The minimum absolute atomic E-state index is 0.762. The molecule has 2 unspecified atom stereocenters. The monoisotopic (exact) mass is 249 g/mol. The van der Waals surface area contributed by atoms with Crippen molar-refractivity contribution >= 4 is 11.8 Å². The Morgan fingerprint density at radius 2 is 2.00 bits per heavy atom. The van der Waals surface area contributed by atoms with Gasteiger partial charge in [-0.15, -0.1) is 11.8 Å². The maximum absolute atomic E-state index is 3.64. The number of thioether (sulfide) groups is 1. The molecule has 0 bridgehead atoms. The number of aryl methyl sites for hydroxylation is 1. The van der Waals surface area contributed by atoms with E-state index >= 15 is 0 Å². The van der Waals surface area contributed by atoms with Gasteiger partial charge in [-0.05, 0) is 51.3 Å². The maximum Gasteiger partial charge on any atom is 0.0110 e. The van der Waals surface area contributed by atoms with Gasteiger partial charge in [0.05, 0.1) is 0 Å². The molecule has 0 aromatic heterocycles. The van der Waals surface area contributed by atoms with Crippen molar-refractivity contribution in [3.8, 4) is 0 Å². The number of hydrogen-bond acceptors (Lipinski definition) is 2. The summed E-state index contributed by atoms with van der Waals surface area (Å²) >= 11 is 2.06. The molecule has 2 atom stereocenters. The predicted molar refractivity (Wildman–Crippen MR) is 76.8 cm³/mol. The lowest BCUT2D eigenvalue weighted by atomic mass is 10.2. The van der Waals surface area contributed by atoms with Crippen LogP contribution in [0.15, 0.2) is 29.2 Å². The smallest absolute Gasteiger partial charge is 0.0110 e. The summed E-state index contributed by atoms with van der Waals surface area (Å²) in [5.41, 5.74) is 1.35. The highest BCUT2D eigenvalue weighted by atomic mass is 32.2. The summed E-state index contributed by atoms with van der Waals surface area (Å²) in [5, 5.41) is 4.45. The van der Waals surface area contributed by atoms with E-state index in [0.29, 0.717) is 0 Å². The van der Waals surface area contributed by atoms with Crippen LogP contribution in [0.2, 0.25) is 0 Å². The second-order valence-corrected chi connectivity index (χ2v) is 6.39. The van der Waals surface area contributed by atoms with E-state index in [1.165, 1.54) is 42.7 Å². The average Bonchev–Trinajstić information content (AvgIpc) is 2.77. The van der Waals surface area contributed by atoms with Crippen LogP contribution >= 0.6 is 11.8 Å². The third kappa shape index (κ3) is 4.04. The van der Waals surface area contributed by atoms with Crippen LogP contribution in [0.1, 0.15) is 38.2 Å². The topological polar surface area (TPSA) is 12.0 Å². The average molecular weight is 249 g/mol. The van der Waals surface area contributed by atoms with E-state index < -0.39 is 0 Å². The molecule has 1 nitrogen and oxygen atoms in total. The van der Waals surface area contributed by atoms with Crippen LogP contribution < -0.4 is 5.32 Å². The molecule has 0 radical (unpaired) electrons. The van der Waals surface area contributed by atoms with Crippen LogP contribution in [0.25, 0.3) is 0 Å². The summed E-state index contributed by atoms with van der Waals surface area (Å²) in [6.45, 7) is 5.56. The van der Waals surface area contributed by atoms with Gasteiger partial charge in [0.1, 0.15) is 0 Å². The lowest BCUT2D eigenvalue weighted by Crippen LogP contribution is -2.27. The lowest BCUT2D eigenvalue weighted by Gasteiger charge is -2.12. The Morgan fingerprint density at radius 1 is 1.24 bits per heavy atom. The Labute approximate surface area is 109 Å². The highest BCUT2D eigenvalue weighted by Gasteiger charge is 2.24. The molecule has 1 aliphatic rings. The largest absolute Gasteiger partial charge is 0.314 e. The molecule has 2 heteroatoms. The molecule has 94 valence electrons. The van der Waals surface area contributed by atoms with Crippen molar-refractivity contribution in [2.24, 2.45) is 0 Å². The van der Waals surface area contributed by atoms with Gasteiger partial charge < -0.3 is 5.32 Å². The fraction of sp³-hybridized carbons (Fsp3) is 0.600. The first-order chi connectivity index (χ1) is 8.28. The SMILES string of the molecule is CCCNC1CCC(Sc2ccc(C)cc2)C1. The third-order valence-corrected chi connectivity index (χ3v) is 4.70. The van der Waals surface area contributed by atoms with Crippen molar-refractivity contribution in [1.82, 2.24) is 5.32 Å². The fourth-order valence-electron chi connectivity index (χ4n) is 2.39. The van der Waals surface area contributed by atoms with Crippen LogP contribution in [0.3, 0.4) is 0 Å². The molecule has 17 heavy (non-hydrogen) atoms. The fourth-order valence-corrected chi connectivity index (χ4v) is 3.65. The quantitative estimate of drug-likeness (QED) is 0.846. The number of rotatable bonds is 5. The highest BCUT2D eigenvalue weighted by molar-refractivity contribution is 8.00. The molecule has 0 saturated heterocycles. The Kier molecular flexibility index (Phi) is 4.93. The Hall–Kier alpha value is -0.470. The van der Waals surface area contributed by atoms with Crippen LogP contribution in [-0.4, -0.2) is 17.8 Å². The van der Waals surface area contributed by atoms with Gasteiger partial charge in [0.2, 0.25) is 0 Å². The van der Waals surface area contributed by atoms with Gasteiger partial charge in [-0.1, -0.05) is 24.6 Å². The van der Waals surface area contributed by atoms with Gasteiger partial charge in [-0.2, -0.15) is 0 Å². The highest BCUT2D eigenvalue weighted by Crippen LogP contribution is 2.34. The second-order valence-electron chi connectivity index (χ2n) is 5.02. The molecule has 1 aliphatic carbocycles. The molecule has 1 saturated carbocycles. The number of nitrogens with one attached hydrogen (secondary N) is 1. The molecule has 1 aromatic carbocycles. The summed E-state index contributed by atoms with van der Waals surface area (Å²) < 4.78 is 0. The van der Waals surface area contributed by atoms with Crippen molar-refractivity contribution < 1.29 is 0 Å². The van der Waals surface area contributed by atoms with Crippen LogP contribution in [0.4, 0.5) is 0 Å². The van der Waals surface area contributed by atoms with Crippen LogP contribution in [0, 0.1) is 6.92 Å². The minimum atomic E-state index is 0.762. The van der Waals surface area contributed by atoms with E-state index in [1.54, 1.807) is 0 Å². The van der Waals surface area contributed by atoms with E-state index in [0.717, 1.165) is 11.3 Å². The summed E-state index contributed by atoms with van der Waals surface area (Å²) in [5.74, 6) is 0. The Morgan fingerprint density at radius 3 is 2.71 bits per heavy atom. The van der Waals surface area contributed by atoms with Gasteiger partial charge in [-0.25, -0.2) is 0 Å². The van der Waals surface area contributed by atoms with E-state index in [4.69, 9.17) is 0 Å². The molecular formula is C15H23NS. The van der Waals surface area contributed by atoms with Crippen LogP contribution in [-0.2, 0) is 0 Å². The van der Waals surface area contributed by atoms with E-state index in [9.17, 15) is 0 Å². The number of benzene rings is 1. The van der Waals surface area contributed by atoms with Gasteiger partial charge in [-0.3, -0.25) is 0 Å². The van der Waals surface area contributed by atoms with Crippen molar-refractivity contribution in [3.63, 3.8) is 0 Å². The van der Waals surface area contributed by atoms with Crippen molar-refractivity contribution in [2.75, 3.05) is 6.54 Å². The summed E-state index contributed by atoms with van der Waals surface area (Å²) in [6, 6.07) is 9.70. The molecule has 0 amide bonds. The first kappa shape index (κ1) is 13.0. The van der Waals surface area contributed by atoms with Gasteiger partial charge >= 0.3 is 0 Å². The zero-order chi connectivity index (χ0) is 12.1. The molecular weight excluding hydrogens is 226 g/mol. The first-order valence-corrected chi connectivity index (χ1v) is 7.62. The molecule has 0 heterocycles. The van der Waals surface area contributed by atoms with E-state index in [2.05, 4.69) is 55.2 Å². The predicted octanol–water partition coefficient (Wildman–Crippen LogP) is 4.01. The minimum Gasteiger partial charge on any atom is -0.314 e. The first-order valence-electron chi connectivity index (χ1n) is 6.74. The number of hydrogen-bond donors (Lipinski definition) is 1. The maximum atomic E-state index is 3.64. The normalized spacial score (nSPS) is 24.1. The van der Waals surface area contributed by atoms with Crippen LogP contribution in [0.5, 0.6) is 0 Å². The van der Waals surface area contributed by atoms with Crippen molar-refractivity contribution in [2.45, 2.75) is 55.7 Å². The molecule has 2 rings (SSSR count). The lowest BCUT2D eigenvalue weighted by molar-refractivity contribution is 0.524. The Balaban J connectivity index is 1.79. The van der Waals surface area contributed by atoms with Crippen molar-refractivity contribution in [3.05, 3.63) is 29.8 Å². The third-order valence-electron chi connectivity index (χ3n) is 3.39. The van der Waals surface area contributed by atoms with E-state index in [1.807, 2.05) is 0 Å². The van der Waals surface area contributed by atoms with E-state index in [-0.39, 0.29) is 0 Å². The zero-order valence-electron chi connectivity index (χ0n) is 10.9. The Bertz CT molecular complexity index is 333. The van der Waals surface area contributed by atoms with Gasteiger partial charge in [0.25, 0.3) is 0 Å². The zero-order valence-corrected chi connectivity index (χ0v) is 11.7. The summed E-state index contributed by atoms with van der Waals surface area (Å²) in [4.78, 5) is 1.43. The second kappa shape index (κ2) is 6.46. The standard InChI is InChI=1S/C15H23NS/c1-3-10-16-13-6-9-15(11-13)17-14-7-4-12(2)5-8-14/h4-5,7-8,13,15-16H,3,6,9-11H2,1-2H3. The van der Waals surface area contributed by atoms with Gasteiger partial charge in [0.15, 0.2) is 0 Å². The summed E-state index contributed by atoms with van der Waals surface area (Å²) in [7, 11) is 0. The van der Waals surface area contributed by atoms with Gasteiger partial charge in [0, 0.05) is 16.2 Å². The van der Waals surface area contributed by atoms with Crippen molar-refractivity contribution in [1.29, 1.82) is 0 Å². The molecule has 0 spiro atoms. The molecule has 1 fully saturated rings. The summed E-state index contributed by atoms with van der Waals surface area (Å²) in [6.07, 6.45) is 5.29.